The van der Waals surface area contributed by atoms with Gasteiger partial charge in [0.05, 0.1) is 18.1 Å². The van der Waals surface area contributed by atoms with Gasteiger partial charge in [-0.3, -0.25) is 9.80 Å². The predicted molar refractivity (Wildman–Crippen MR) is 137 cm³/mol. The van der Waals surface area contributed by atoms with E-state index in [0.29, 0.717) is 30.8 Å². The van der Waals surface area contributed by atoms with Gasteiger partial charge in [0, 0.05) is 55.2 Å². The van der Waals surface area contributed by atoms with Crippen LogP contribution >= 0.6 is 0 Å². The molecule has 2 aliphatic rings. The topological polar surface area (TPSA) is 54.1 Å². The van der Waals surface area contributed by atoms with Crippen LogP contribution in [0.1, 0.15) is 70.1 Å². The number of hydrogen-bond acceptors (Lipinski definition) is 4. The SMILES string of the molecule is CC(C)(C)N1CC(C#N)C(c2ccc(C3(C#N)CN(C(C)(C)C)CC3c3ccc(F)cc3F)cc2F)C1. The van der Waals surface area contributed by atoms with Gasteiger partial charge >= 0.3 is 0 Å². The third-order valence-electron chi connectivity index (χ3n) is 8.27. The normalized spacial score (nSPS) is 27.3. The lowest BCUT2D eigenvalue weighted by Gasteiger charge is -2.33. The molecule has 0 spiro atoms. The highest BCUT2D eigenvalue weighted by Crippen LogP contribution is 2.48. The molecule has 2 saturated heterocycles. The van der Waals surface area contributed by atoms with Crippen LogP contribution in [0.3, 0.4) is 0 Å². The molecular formula is C30H35F3N4. The third kappa shape index (κ3) is 4.88. The molecule has 0 aromatic heterocycles. The summed E-state index contributed by atoms with van der Waals surface area (Å²) < 4.78 is 44.5. The lowest BCUT2D eigenvalue weighted by atomic mass is 9.70. The van der Waals surface area contributed by atoms with E-state index in [1.807, 2.05) is 20.8 Å². The Bertz CT molecular complexity index is 1260. The number of hydrogen-bond donors (Lipinski definition) is 0. The van der Waals surface area contributed by atoms with Crippen molar-refractivity contribution in [3.8, 4) is 12.1 Å². The van der Waals surface area contributed by atoms with Crippen molar-refractivity contribution in [1.29, 1.82) is 10.5 Å². The van der Waals surface area contributed by atoms with E-state index in [2.05, 4.69) is 42.7 Å². The van der Waals surface area contributed by atoms with Crippen LogP contribution in [-0.4, -0.2) is 47.1 Å². The molecule has 0 radical (unpaired) electrons. The Kier molecular flexibility index (Phi) is 6.95. The Morgan fingerprint density at radius 2 is 1.43 bits per heavy atom. The summed E-state index contributed by atoms with van der Waals surface area (Å²) in [6.45, 7) is 14.1. The largest absolute Gasteiger partial charge is 0.297 e. The molecule has 37 heavy (non-hydrogen) atoms. The van der Waals surface area contributed by atoms with Gasteiger partial charge < -0.3 is 0 Å². The molecule has 0 aliphatic carbocycles. The minimum Gasteiger partial charge on any atom is -0.297 e. The van der Waals surface area contributed by atoms with Gasteiger partial charge in [-0.25, -0.2) is 13.2 Å². The molecule has 2 aromatic rings. The maximum atomic E-state index is 15.8. The lowest BCUT2D eigenvalue weighted by molar-refractivity contribution is 0.167. The molecule has 196 valence electrons. The monoisotopic (exact) mass is 508 g/mol. The lowest BCUT2D eigenvalue weighted by Crippen LogP contribution is -2.41. The van der Waals surface area contributed by atoms with E-state index in [-0.39, 0.29) is 35.0 Å². The van der Waals surface area contributed by atoms with E-state index in [0.717, 1.165) is 6.07 Å². The van der Waals surface area contributed by atoms with Crippen LogP contribution in [0.2, 0.25) is 0 Å². The van der Waals surface area contributed by atoms with Gasteiger partial charge in [0.15, 0.2) is 0 Å². The Labute approximate surface area is 218 Å². The quantitative estimate of drug-likeness (QED) is 0.503. The first-order chi connectivity index (χ1) is 17.2. The Morgan fingerprint density at radius 1 is 0.811 bits per heavy atom. The van der Waals surface area contributed by atoms with Gasteiger partial charge in [0.25, 0.3) is 0 Å². The van der Waals surface area contributed by atoms with Crippen molar-refractivity contribution < 1.29 is 13.2 Å². The molecule has 7 heteroatoms. The van der Waals surface area contributed by atoms with Gasteiger partial charge in [-0.2, -0.15) is 10.5 Å². The van der Waals surface area contributed by atoms with Crippen molar-refractivity contribution in [2.24, 2.45) is 5.92 Å². The third-order valence-corrected chi connectivity index (χ3v) is 8.27. The van der Waals surface area contributed by atoms with E-state index >= 15 is 8.78 Å². The van der Waals surface area contributed by atoms with Crippen LogP contribution in [-0.2, 0) is 5.41 Å². The fraction of sp³-hybridized carbons (Fsp3) is 0.533. The molecule has 4 atom stereocenters. The zero-order valence-corrected chi connectivity index (χ0v) is 22.4. The maximum absolute atomic E-state index is 15.8. The van der Waals surface area contributed by atoms with Crippen LogP contribution in [0.5, 0.6) is 0 Å². The fourth-order valence-electron chi connectivity index (χ4n) is 5.88. The van der Waals surface area contributed by atoms with E-state index in [1.54, 1.807) is 12.1 Å². The van der Waals surface area contributed by atoms with E-state index in [4.69, 9.17) is 0 Å². The molecule has 0 saturated carbocycles. The number of likely N-dealkylation sites (tertiary alicyclic amines) is 2. The van der Waals surface area contributed by atoms with Crippen molar-refractivity contribution >= 4 is 0 Å². The molecule has 2 aromatic carbocycles. The van der Waals surface area contributed by atoms with Crippen molar-refractivity contribution in [2.45, 2.75) is 69.9 Å². The number of halogens is 3. The maximum Gasteiger partial charge on any atom is 0.129 e. The second-order valence-electron chi connectivity index (χ2n) is 12.5. The molecule has 2 aliphatic heterocycles. The average molecular weight is 509 g/mol. The molecule has 4 nitrogen and oxygen atoms in total. The van der Waals surface area contributed by atoms with Gasteiger partial charge in [-0.15, -0.1) is 0 Å². The summed E-state index contributed by atoms with van der Waals surface area (Å²) in [6.07, 6.45) is 0. The molecule has 2 heterocycles. The molecule has 4 rings (SSSR count). The first-order valence-electron chi connectivity index (χ1n) is 12.8. The van der Waals surface area contributed by atoms with E-state index in [9.17, 15) is 14.9 Å². The summed E-state index contributed by atoms with van der Waals surface area (Å²) in [4.78, 5) is 4.29. The summed E-state index contributed by atoms with van der Waals surface area (Å²) in [6, 6.07) is 13.1. The predicted octanol–water partition coefficient (Wildman–Crippen LogP) is 6.10. The van der Waals surface area contributed by atoms with E-state index in [1.165, 1.54) is 18.2 Å². The molecule has 2 fully saturated rings. The second kappa shape index (κ2) is 9.46. The first-order valence-corrected chi connectivity index (χ1v) is 12.8. The van der Waals surface area contributed by atoms with Crippen molar-refractivity contribution in [1.82, 2.24) is 9.80 Å². The fourth-order valence-corrected chi connectivity index (χ4v) is 5.88. The second-order valence-corrected chi connectivity index (χ2v) is 12.5. The van der Waals surface area contributed by atoms with E-state index < -0.39 is 28.8 Å². The van der Waals surface area contributed by atoms with Crippen molar-refractivity contribution in [3.05, 3.63) is 70.5 Å². The highest BCUT2D eigenvalue weighted by molar-refractivity contribution is 5.46. The Hall–Kier alpha value is -2.87. The minimum absolute atomic E-state index is 0.141. The number of nitriles is 2. The van der Waals surface area contributed by atoms with Crippen LogP contribution < -0.4 is 0 Å². The molecular weight excluding hydrogens is 473 g/mol. The van der Waals surface area contributed by atoms with Gasteiger partial charge in [0.2, 0.25) is 0 Å². The summed E-state index contributed by atoms with van der Waals surface area (Å²) >= 11 is 0. The highest BCUT2D eigenvalue weighted by Gasteiger charge is 2.52. The van der Waals surface area contributed by atoms with Crippen molar-refractivity contribution in [3.63, 3.8) is 0 Å². The van der Waals surface area contributed by atoms with Crippen LogP contribution in [0.4, 0.5) is 13.2 Å². The summed E-state index contributed by atoms with van der Waals surface area (Å²) in [5.41, 5.74) is -0.501. The molecule has 4 unspecified atom stereocenters. The highest BCUT2D eigenvalue weighted by atomic mass is 19.1. The van der Waals surface area contributed by atoms with Crippen molar-refractivity contribution in [2.75, 3.05) is 26.2 Å². The summed E-state index contributed by atoms with van der Waals surface area (Å²) in [5, 5.41) is 20.3. The number of nitrogens with zero attached hydrogens (tertiary/aromatic N) is 4. The Balaban J connectivity index is 1.78. The molecule has 0 N–H and O–H groups in total. The van der Waals surface area contributed by atoms with Gasteiger partial charge in [-0.05, 0) is 70.4 Å². The number of benzene rings is 2. The van der Waals surface area contributed by atoms with Crippen LogP contribution in [0, 0.1) is 46.0 Å². The average Bonchev–Trinajstić information content (AvgIpc) is 3.41. The molecule has 0 amide bonds. The Morgan fingerprint density at radius 3 is 1.97 bits per heavy atom. The molecule has 0 bridgehead atoms. The minimum atomic E-state index is -1.23. The van der Waals surface area contributed by atoms with Crippen LogP contribution in [0.15, 0.2) is 36.4 Å². The summed E-state index contributed by atoms with van der Waals surface area (Å²) in [5.74, 6) is -3.08. The smallest absolute Gasteiger partial charge is 0.129 e. The van der Waals surface area contributed by atoms with Gasteiger partial charge in [-0.1, -0.05) is 18.2 Å². The van der Waals surface area contributed by atoms with Crippen LogP contribution in [0.25, 0.3) is 0 Å². The summed E-state index contributed by atoms with van der Waals surface area (Å²) in [7, 11) is 0. The van der Waals surface area contributed by atoms with Gasteiger partial charge in [0.1, 0.15) is 22.9 Å². The zero-order chi connectivity index (χ0) is 27.3. The zero-order valence-electron chi connectivity index (χ0n) is 22.4. The standard InChI is InChI=1S/C30H35F3N4/c1-28(2,3)36-14-19(13-34)24(15-36)22-9-7-20(11-26(22)32)30(17-35)18-37(29(4,5)6)16-25(30)23-10-8-21(31)12-27(23)33/h7-12,19,24-25H,14-16,18H2,1-6H3. The first kappa shape index (κ1) is 27.2. The number of rotatable bonds is 3.